The van der Waals surface area contributed by atoms with Crippen molar-refractivity contribution in [1.29, 1.82) is 0 Å². The molecule has 6 heteroatoms. The number of hydrogen-bond acceptors (Lipinski definition) is 4. The fraction of sp³-hybridized carbons (Fsp3) is 0.538. The number of aliphatic hydroxyl groups is 1. The Hall–Kier alpha value is -0.950. The molecule has 2 atom stereocenters. The Labute approximate surface area is 113 Å². The van der Waals surface area contributed by atoms with Gasteiger partial charge in [0.25, 0.3) is 0 Å². The van der Waals surface area contributed by atoms with Crippen molar-refractivity contribution in [2.45, 2.75) is 49.3 Å². The summed E-state index contributed by atoms with van der Waals surface area (Å²) in [6.07, 6.45) is 2.61. The van der Waals surface area contributed by atoms with E-state index >= 15 is 0 Å². The second kappa shape index (κ2) is 6.00. The quantitative estimate of drug-likeness (QED) is 0.760. The van der Waals surface area contributed by atoms with Crippen LogP contribution in [0.2, 0.25) is 0 Å². The van der Waals surface area contributed by atoms with Gasteiger partial charge in [0.05, 0.1) is 11.0 Å². The first-order valence-electron chi connectivity index (χ1n) is 6.52. The Morgan fingerprint density at radius 1 is 1.32 bits per heavy atom. The molecule has 0 spiro atoms. The number of aliphatic hydroxyl groups excluding tert-OH is 1. The summed E-state index contributed by atoms with van der Waals surface area (Å²) in [5, 5.41) is 9.83. The van der Waals surface area contributed by atoms with E-state index in [4.69, 9.17) is 5.73 Å². The van der Waals surface area contributed by atoms with Crippen LogP contribution in [0.15, 0.2) is 29.2 Å². The standard InChI is InChI=1S/C13H20N2O3S/c14-9-10-4-3-5-11(8-10)19(17,18)15-12-6-1-2-7-13(12)16/h3-5,8,12-13,15-16H,1-2,6-7,9,14H2. The molecule has 1 saturated carbocycles. The van der Waals surface area contributed by atoms with Gasteiger partial charge in [-0.1, -0.05) is 25.0 Å². The second-order valence-corrected chi connectivity index (χ2v) is 6.65. The number of benzene rings is 1. The van der Waals surface area contributed by atoms with Gasteiger partial charge in [0.1, 0.15) is 0 Å². The van der Waals surface area contributed by atoms with Crippen LogP contribution in [0.3, 0.4) is 0 Å². The van der Waals surface area contributed by atoms with Crippen LogP contribution in [0, 0.1) is 0 Å². The Bertz CT molecular complexity index is 530. The molecule has 1 aliphatic carbocycles. The van der Waals surface area contributed by atoms with Crippen molar-refractivity contribution in [3.63, 3.8) is 0 Å². The number of sulfonamides is 1. The molecule has 0 radical (unpaired) electrons. The summed E-state index contributed by atoms with van der Waals surface area (Å²) in [6, 6.07) is 6.18. The molecule has 1 aromatic rings. The smallest absolute Gasteiger partial charge is 0.240 e. The summed E-state index contributed by atoms with van der Waals surface area (Å²) in [4.78, 5) is 0.202. The van der Waals surface area contributed by atoms with Crippen molar-refractivity contribution in [3.8, 4) is 0 Å². The van der Waals surface area contributed by atoms with E-state index in [1.54, 1.807) is 18.2 Å². The molecule has 0 aliphatic heterocycles. The highest BCUT2D eigenvalue weighted by atomic mass is 32.2. The molecule has 0 aromatic heterocycles. The van der Waals surface area contributed by atoms with Gasteiger partial charge in [-0.3, -0.25) is 0 Å². The second-order valence-electron chi connectivity index (χ2n) is 4.93. The third kappa shape index (κ3) is 3.54. The summed E-state index contributed by atoms with van der Waals surface area (Å²) >= 11 is 0. The lowest BCUT2D eigenvalue weighted by Crippen LogP contribution is -2.44. The lowest BCUT2D eigenvalue weighted by Gasteiger charge is -2.28. The van der Waals surface area contributed by atoms with E-state index in [1.807, 2.05) is 0 Å². The van der Waals surface area contributed by atoms with Gasteiger partial charge in [0, 0.05) is 12.6 Å². The molecular formula is C13H20N2O3S. The molecule has 1 aromatic carbocycles. The van der Waals surface area contributed by atoms with Gasteiger partial charge >= 0.3 is 0 Å². The van der Waals surface area contributed by atoms with Gasteiger partial charge < -0.3 is 10.8 Å². The van der Waals surface area contributed by atoms with E-state index in [2.05, 4.69) is 4.72 Å². The Morgan fingerprint density at radius 2 is 2.05 bits per heavy atom. The van der Waals surface area contributed by atoms with Crippen LogP contribution in [0.1, 0.15) is 31.2 Å². The molecule has 1 fully saturated rings. The molecule has 0 saturated heterocycles. The maximum absolute atomic E-state index is 12.3. The minimum absolute atomic E-state index is 0.202. The van der Waals surface area contributed by atoms with Crippen molar-refractivity contribution in [1.82, 2.24) is 4.72 Å². The Kier molecular flexibility index (Phi) is 4.57. The van der Waals surface area contributed by atoms with E-state index in [0.717, 1.165) is 18.4 Å². The average Bonchev–Trinajstić information content (AvgIpc) is 2.41. The molecule has 0 bridgehead atoms. The fourth-order valence-corrected chi connectivity index (χ4v) is 3.73. The molecule has 0 heterocycles. The average molecular weight is 284 g/mol. The SMILES string of the molecule is NCc1cccc(S(=O)(=O)NC2CCCCC2O)c1. The molecule has 5 nitrogen and oxygen atoms in total. The molecule has 2 unspecified atom stereocenters. The maximum Gasteiger partial charge on any atom is 0.240 e. The van der Waals surface area contributed by atoms with Gasteiger partial charge in [-0.05, 0) is 30.5 Å². The monoisotopic (exact) mass is 284 g/mol. The summed E-state index contributed by atoms with van der Waals surface area (Å²) in [7, 11) is -3.59. The topological polar surface area (TPSA) is 92.4 Å². The van der Waals surface area contributed by atoms with Gasteiger partial charge in [0.2, 0.25) is 10.0 Å². The summed E-state index contributed by atoms with van der Waals surface area (Å²) < 4.78 is 27.1. The van der Waals surface area contributed by atoms with Crippen LogP contribution < -0.4 is 10.5 Å². The highest BCUT2D eigenvalue weighted by Gasteiger charge is 2.28. The minimum Gasteiger partial charge on any atom is -0.391 e. The van der Waals surface area contributed by atoms with E-state index < -0.39 is 16.1 Å². The molecule has 106 valence electrons. The van der Waals surface area contributed by atoms with Crippen molar-refractivity contribution in [3.05, 3.63) is 29.8 Å². The highest BCUT2D eigenvalue weighted by Crippen LogP contribution is 2.21. The van der Waals surface area contributed by atoms with Crippen LogP contribution in [-0.4, -0.2) is 25.7 Å². The lowest BCUT2D eigenvalue weighted by molar-refractivity contribution is 0.101. The fourth-order valence-electron chi connectivity index (χ4n) is 2.36. The van der Waals surface area contributed by atoms with Crippen molar-refractivity contribution < 1.29 is 13.5 Å². The highest BCUT2D eigenvalue weighted by molar-refractivity contribution is 7.89. The van der Waals surface area contributed by atoms with Gasteiger partial charge in [0.15, 0.2) is 0 Å². The molecule has 19 heavy (non-hydrogen) atoms. The van der Waals surface area contributed by atoms with Crippen LogP contribution >= 0.6 is 0 Å². The normalized spacial score (nSPS) is 24.3. The molecule has 4 N–H and O–H groups in total. The van der Waals surface area contributed by atoms with Crippen LogP contribution in [0.4, 0.5) is 0 Å². The van der Waals surface area contributed by atoms with E-state index in [-0.39, 0.29) is 10.9 Å². The first-order chi connectivity index (χ1) is 9.03. The zero-order valence-electron chi connectivity index (χ0n) is 10.7. The first-order valence-corrected chi connectivity index (χ1v) is 8.00. The number of nitrogens with two attached hydrogens (primary N) is 1. The molecular weight excluding hydrogens is 264 g/mol. The summed E-state index contributed by atoms with van der Waals surface area (Å²) in [5.41, 5.74) is 6.28. The zero-order chi connectivity index (χ0) is 13.9. The molecule has 2 rings (SSSR count). The van der Waals surface area contributed by atoms with Gasteiger partial charge in [-0.2, -0.15) is 0 Å². The summed E-state index contributed by atoms with van der Waals surface area (Å²) in [5.74, 6) is 0. The van der Waals surface area contributed by atoms with Crippen LogP contribution in [0.25, 0.3) is 0 Å². The predicted molar refractivity (Wildman–Crippen MR) is 72.9 cm³/mol. The largest absolute Gasteiger partial charge is 0.391 e. The summed E-state index contributed by atoms with van der Waals surface area (Å²) in [6.45, 7) is 0.301. The third-order valence-corrected chi connectivity index (χ3v) is 4.97. The van der Waals surface area contributed by atoms with E-state index in [1.165, 1.54) is 6.07 Å². The third-order valence-electron chi connectivity index (χ3n) is 3.48. The first kappa shape index (κ1) is 14.5. The van der Waals surface area contributed by atoms with Crippen molar-refractivity contribution in [2.75, 3.05) is 0 Å². The van der Waals surface area contributed by atoms with Gasteiger partial charge in [-0.25, -0.2) is 13.1 Å². The van der Waals surface area contributed by atoms with Crippen molar-refractivity contribution in [2.24, 2.45) is 5.73 Å². The number of nitrogens with one attached hydrogen (secondary N) is 1. The minimum atomic E-state index is -3.59. The molecule has 1 aliphatic rings. The van der Waals surface area contributed by atoms with Gasteiger partial charge in [-0.15, -0.1) is 0 Å². The lowest BCUT2D eigenvalue weighted by atomic mass is 9.93. The van der Waals surface area contributed by atoms with Crippen molar-refractivity contribution >= 4 is 10.0 Å². The van der Waals surface area contributed by atoms with Crippen LogP contribution in [0.5, 0.6) is 0 Å². The Balaban J connectivity index is 2.17. The Morgan fingerprint density at radius 3 is 2.74 bits per heavy atom. The maximum atomic E-state index is 12.3. The molecule has 0 amide bonds. The predicted octanol–water partition coefficient (Wildman–Crippen LogP) is 0.727. The van der Waals surface area contributed by atoms with Crippen LogP contribution in [-0.2, 0) is 16.6 Å². The number of rotatable bonds is 4. The number of hydrogen-bond donors (Lipinski definition) is 3. The van der Waals surface area contributed by atoms with E-state index in [9.17, 15) is 13.5 Å². The zero-order valence-corrected chi connectivity index (χ0v) is 11.6. The van der Waals surface area contributed by atoms with E-state index in [0.29, 0.717) is 19.4 Å².